The van der Waals surface area contributed by atoms with E-state index in [9.17, 15) is 13.2 Å². The molecule has 0 unspecified atom stereocenters. The van der Waals surface area contributed by atoms with Crippen molar-refractivity contribution in [3.8, 4) is 0 Å². The first-order chi connectivity index (χ1) is 9.35. The quantitative estimate of drug-likeness (QED) is 0.335. The third-order valence-electron chi connectivity index (χ3n) is 2.95. The van der Waals surface area contributed by atoms with E-state index in [0.717, 1.165) is 6.07 Å². The molecule has 0 saturated carbocycles. The largest absolute Gasteiger partial charge is 0.371 e. The lowest BCUT2D eigenvalue weighted by Crippen LogP contribution is -2.30. The van der Waals surface area contributed by atoms with Crippen LogP contribution in [-0.4, -0.2) is 26.7 Å². The average molecular weight is 305 g/mol. The van der Waals surface area contributed by atoms with Gasteiger partial charge < -0.3 is 14.6 Å². The van der Waals surface area contributed by atoms with E-state index in [2.05, 4.69) is 14.9 Å². The van der Waals surface area contributed by atoms with Crippen molar-refractivity contribution < 1.29 is 27.8 Å². The fourth-order valence-corrected chi connectivity index (χ4v) is 1.93. The first kappa shape index (κ1) is 17.2. The van der Waals surface area contributed by atoms with Crippen LogP contribution < -0.4 is 0 Å². The molecule has 1 rings (SSSR count). The fourth-order valence-electron chi connectivity index (χ4n) is 1.83. The second kappa shape index (κ2) is 7.77. The average Bonchev–Trinajstić information content (AvgIpc) is 2.39. The molecule has 0 aliphatic rings. The van der Waals surface area contributed by atoms with Gasteiger partial charge >= 0.3 is 0 Å². The normalized spacial score (nSPS) is 11.9. The molecule has 0 spiro atoms. The van der Waals surface area contributed by atoms with Gasteiger partial charge in [0.2, 0.25) is 0 Å². The molecule has 0 bridgehead atoms. The van der Waals surface area contributed by atoms with Crippen LogP contribution >= 0.6 is 0 Å². The maximum atomic E-state index is 13.3. The number of hydrogen-bond donors (Lipinski definition) is 2. The minimum atomic E-state index is -2.19. The van der Waals surface area contributed by atoms with E-state index in [-0.39, 0.29) is 12.0 Å². The van der Waals surface area contributed by atoms with E-state index in [1.807, 2.05) is 0 Å². The molecule has 3 radical (unpaired) electrons. The van der Waals surface area contributed by atoms with Crippen LogP contribution in [0.2, 0.25) is 0 Å². The summed E-state index contributed by atoms with van der Waals surface area (Å²) in [6, 6.07) is 1.42. The third-order valence-corrected chi connectivity index (χ3v) is 3.28. The summed E-state index contributed by atoms with van der Waals surface area (Å²) in [4.78, 5) is 0. The van der Waals surface area contributed by atoms with Crippen molar-refractivity contribution in [1.82, 2.24) is 0 Å². The molecule has 0 fully saturated rings. The van der Waals surface area contributed by atoms with Gasteiger partial charge in [-0.25, -0.2) is 13.2 Å². The summed E-state index contributed by atoms with van der Waals surface area (Å²) in [5, 5.41) is 18.2. The van der Waals surface area contributed by atoms with Crippen LogP contribution in [0.25, 0.3) is 0 Å². The summed E-state index contributed by atoms with van der Waals surface area (Å²) in [6.07, 6.45) is 2.84. The van der Waals surface area contributed by atoms with Crippen LogP contribution in [0.3, 0.4) is 0 Å². The van der Waals surface area contributed by atoms with E-state index in [1.54, 1.807) is 0 Å². The second-order valence-corrected chi connectivity index (χ2v) is 4.82. The van der Waals surface area contributed by atoms with Gasteiger partial charge in [0.05, 0.1) is 0 Å². The van der Waals surface area contributed by atoms with Crippen molar-refractivity contribution in [3.05, 3.63) is 35.1 Å². The van der Waals surface area contributed by atoms with Gasteiger partial charge in [-0.3, -0.25) is 0 Å². The Morgan fingerprint density at radius 3 is 2.20 bits per heavy atom. The zero-order chi connectivity index (χ0) is 15.2. The summed E-state index contributed by atoms with van der Waals surface area (Å²) >= 11 is 0. The lowest BCUT2D eigenvalue weighted by molar-refractivity contribution is -0.295. The van der Waals surface area contributed by atoms with Crippen molar-refractivity contribution >= 4 is 10.5 Å². The van der Waals surface area contributed by atoms with Crippen LogP contribution in [0.5, 0.6) is 0 Å². The van der Waals surface area contributed by atoms with E-state index in [1.165, 1.54) is 0 Å². The lowest BCUT2D eigenvalue weighted by atomic mass is 10.0. The Bertz CT molecular complexity index is 441. The first-order valence-corrected chi connectivity index (χ1v) is 6.69. The number of aliphatic hydroxyl groups is 2. The Labute approximate surface area is 118 Å². The maximum absolute atomic E-state index is 13.3. The summed E-state index contributed by atoms with van der Waals surface area (Å²) < 4.78 is 43.2. The Balaban J connectivity index is 2.27. The molecular formula is C13H16F3O3Si. The van der Waals surface area contributed by atoms with E-state index < -0.39 is 23.4 Å². The monoisotopic (exact) mass is 305 g/mol. The Morgan fingerprint density at radius 1 is 0.950 bits per heavy atom. The zero-order valence-corrected chi connectivity index (χ0v) is 11.8. The molecule has 0 aliphatic carbocycles. The lowest BCUT2D eigenvalue weighted by Gasteiger charge is -2.19. The molecule has 1 aromatic rings. The smallest absolute Gasteiger partial charge is 0.267 e. The van der Waals surface area contributed by atoms with Crippen LogP contribution in [-0.2, 0) is 10.8 Å². The Kier molecular flexibility index (Phi) is 6.67. The van der Waals surface area contributed by atoms with E-state index >= 15 is 0 Å². The molecule has 0 heterocycles. The van der Waals surface area contributed by atoms with Gasteiger partial charge in [-0.1, -0.05) is 12.8 Å². The predicted octanol–water partition coefficient (Wildman–Crippen LogP) is 2.34. The number of hydrogen-bond acceptors (Lipinski definition) is 3. The van der Waals surface area contributed by atoms with Crippen LogP contribution in [0.4, 0.5) is 13.2 Å². The van der Waals surface area contributed by atoms with Gasteiger partial charge in [-0.05, 0) is 30.9 Å². The number of aryl methyl sites for hydroxylation is 1. The molecule has 0 amide bonds. The summed E-state index contributed by atoms with van der Waals surface area (Å²) in [5.41, 5.74) is 0.144. The zero-order valence-electron chi connectivity index (χ0n) is 10.8. The highest BCUT2D eigenvalue weighted by Crippen LogP contribution is 2.18. The van der Waals surface area contributed by atoms with Crippen molar-refractivity contribution in [3.63, 3.8) is 0 Å². The van der Waals surface area contributed by atoms with Gasteiger partial charge in [-0.2, -0.15) is 0 Å². The Morgan fingerprint density at radius 2 is 1.55 bits per heavy atom. The predicted molar refractivity (Wildman–Crippen MR) is 67.1 cm³/mol. The highest BCUT2D eigenvalue weighted by atomic mass is 28.2. The van der Waals surface area contributed by atoms with Gasteiger partial charge in [0.25, 0.3) is 16.5 Å². The highest BCUT2D eigenvalue weighted by Gasteiger charge is 2.20. The SMILES string of the molecule is OC(O)(CCCCCCc1cc(F)c(F)cc1F)O[Si]. The van der Waals surface area contributed by atoms with Crippen LogP contribution in [0, 0.1) is 17.5 Å². The van der Waals surface area contributed by atoms with Crippen molar-refractivity contribution in [1.29, 1.82) is 0 Å². The molecule has 0 aliphatic heterocycles. The number of halogens is 3. The summed E-state index contributed by atoms with van der Waals surface area (Å²) in [7, 11) is 2.55. The summed E-state index contributed by atoms with van der Waals surface area (Å²) in [6.45, 7) is 0. The van der Waals surface area contributed by atoms with Crippen molar-refractivity contribution in [2.24, 2.45) is 0 Å². The number of rotatable bonds is 8. The molecule has 0 saturated heterocycles. The molecule has 2 N–H and O–H groups in total. The number of benzene rings is 1. The van der Waals surface area contributed by atoms with Gasteiger partial charge in [-0.15, -0.1) is 0 Å². The molecule has 111 valence electrons. The maximum Gasteiger partial charge on any atom is 0.267 e. The van der Waals surface area contributed by atoms with Gasteiger partial charge in [0.1, 0.15) is 5.82 Å². The molecular weight excluding hydrogens is 289 g/mol. The van der Waals surface area contributed by atoms with Crippen LogP contribution in [0.15, 0.2) is 12.1 Å². The topological polar surface area (TPSA) is 49.7 Å². The third kappa shape index (κ3) is 5.62. The second-order valence-electron chi connectivity index (χ2n) is 4.62. The summed E-state index contributed by atoms with van der Waals surface area (Å²) in [5.74, 6) is -5.19. The fraction of sp³-hybridized carbons (Fsp3) is 0.538. The molecule has 7 heteroatoms. The van der Waals surface area contributed by atoms with Crippen LogP contribution in [0.1, 0.15) is 37.7 Å². The van der Waals surface area contributed by atoms with E-state index in [0.29, 0.717) is 38.2 Å². The number of unbranched alkanes of at least 4 members (excludes halogenated alkanes) is 3. The molecule has 3 nitrogen and oxygen atoms in total. The molecule has 0 atom stereocenters. The molecule has 20 heavy (non-hydrogen) atoms. The standard InChI is InChI=1S/C13H16F3O3Si/c14-10-8-12(16)11(15)7-9(10)5-3-1-2-4-6-13(17,18)19-20/h7-8,17-18H,1-6H2. The first-order valence-electron chi connectivity index (χ1n) is 6.28. The highest BCUT2D eigenvalue weighted by molar-refractivity contribution is 5.98. The van der Waals surface area contributed by atoms with Gasteiger partial charge in [0, 0.05) is 12.5 Å². The molecule has 0 aromatic heterocycles. The van der Waals surface area contributed by atoms with E-state index in [4.69, 9.17) is 10.2 Å². The van der Waals surface area contributed by atoms with Crippen molar-refractivity contribution in [2.75, 3.05) is 0 Å². The van der Waals surface area contributed by atoms with Gasteiger partial charge in [0.15, 0.2) is 11.6 Å². The Hall–Kier alpha value is -0.893. The molecule has 1 aromatic carbocycles. The minimum Gasteiger partial charge on any atom is -0.371 e. The minimum absolute atomic E-state index is 0.0377. The van der Waals surface area contributed by atoms with Crippen molar-refractivity contribution in [2.45, 2.75) is 44.5 Å².